The van der Waals surface area contributed by atoms with Crippen molar-refractivity contribution < 1.29 is 4.79 Å². The first kappa shape index (κ1) is 14.9. The van der Waals surface area contributed by atoms with E-state index >= 15 is 0 Å². The molecule has 2 aromatic rings. The number of aromatic nitrogens is 2. The van der Waals surface area contributed by atoms with Crippen molar-refractivity contribution in [2.45, 2.75) is 32.0 Å². The van der Waals surface area contributed by atoms with Crippen molar-refractivity contribution in [2.24, 2.45) is 5.41 Å². The Hall–Kier alpha value is -0.520. The minimum absolute atomic E-state index is 0.156. The van der Waals surface area contributed by atoms with E-state index in [9.17, 15) is 4.79 Å². The van der Waals surface area contributed by atoms with E-state index in [-0.39, 0.29) is 16.0 Å². The molecule has 1 aromatic heterocycles. The average Bonchev–Trinajstić information content (AvgIpc) is 2.78. The van der Waals surface area contributed by atoms with E-state index in [1.165, 1.54) is 0 Å². The molecule has 0 aliphatic carbocycles. The molecule has 1 atom stereocenters. The number of carbonyl (C=O) groups excluding carboxylic acids is 1. The van der Waals surface area contributed by atoms with Crippen LogP contribution in [0.1, 0.15) is 26.3 Å². The van der Waals surface area contributed by atoms with Crippen molar-refractivity contribution in [1.82, 2.24) is 8.75 Å². The molecule has 1 aromatic carbocycles. The summed E-state index contributed by atoms with van der Waals surface area (Å²) in [5, 5.41) is 0.631. The lowest BCUT2D eigenvalue weighted by Gasteiger charge is -2.21. The third-order valence-corrected chi connectivity index (χ3v) is 4.52. The largest absolute Gasteiger partial charge is 0.298 e. The number of nitrogens with zero attached hydrogens (tertiary/aromatic N) is 2. The van der Waals surface area contributed by atoms with Crippen LogP contribution in [0.3, 0.4) is 0 Å². The van der Waals surface area contributed by atoms with Gasteiger partial charge in [0.2, 0.25) is 0 Å². The quantitative estimate of drug-likeness (QED) is 0.767. The fourth-order valence-corrected chi connectivity index (χ4v) is 3.62. The zero-order valence-electron chi connectivity index (χ0n) is 10.9. The van der Waals surface area contributed by atoms with Crippen LogP contribution in [-0.4, -0.2) is 19.4 Å². The molecular formula is C13H14BrClN2OS. The molecule has 0 saturated carbocycles. The van der Waals surface area contributed by atoms with Gasteiger partial charge in [0.1, 0.15) is 11.0 Å². The van der Waals surface area contributed by atoms with Gasteiger partial charge < -0.3 is 0 Å². The fourth-order valence-electron chi connectivity index (χ4n) is 1.82. The Morgan fingerprint density at radius 3 is 2.74 bits per heavy atom. The highest BCUT2D eigenvalue weighted by Crippen LogP contribution is 2.30. The summed E-state index contributed by atoms with van der Waals surface area (Å²) in [7, 11) is 0. The Morgan fingerprint density at radius 2 is 2.11 bits per heavy atom. The van der Waals surface area contributed by atoms with Crippen LogP contribution in [0.5, 0.6) is 0 Å². The molecule has 0 bridgehead atoms. The van der Waals surface area contributed by atoms with Crippen molar-refractivity contribution in [1.29, 1.82) is 0 Å². The van der Waals surface area contributed by atoms with Gasteiger partial charge in [-0.2, -0.15) is 8.75 Å². The van der Waals surface area contributed by atoms with Crippen molar-refractivity contribution in [2.75, 3.05) is 0 Å². The van der Waals surface area contributed by atoms with Gasteiger partial charge in [0.15, 0.2) is 5.78 Å². The number of halogens is 2. The van der Waals surface area contributed by atoms with Gasteiger partial charge in [-0.1, -0.05) is 48.3 Å². The Bertz CT molecular complexity index is 621. The van der Waals surface area contributed by atoms with Crippen LogP contribution >= 0.6 is 39.3 Å². The summed E-state index contributed by atoms with van der Waals surface area (Å²) in [6.45, 7) is 5.74. The van der Waals surface area contributed by atoms with E-state index in [1.54, 1.807) is 0 Å². The number of hydrogen-bond acceptors (Lipinski definition) is 4. The van der Waals surface area contributed by atoms with Gasteiger partial charge in [-0.15, -0.1) is 0 Å². The smallest absolute Gasteiger partial charge is 0.152 e. The maximum atomic E-state index is 12.2. The number of carbonyl (C=O) groups is 1. The first-order chi connectivity index (χ1) is 8.80. The topological polar surface area (TPSA) is 42.9 Å². The molecule has 0 spiro atoms. The maximum Gasteiger partial charge on any atom is 0.152 e. The summed E-state index contributed by atoms with van der Waals surface area (Å²) in [4.78, 5) is 12.0. The molecule has 102 valence electrons. The minimum atomic E-state index is -0.380. The van der Waals surface area contributed by atoms with Gasteiger partial charge in [0, 0.05) is 16.0 Å². The lowest BCUT2D eigenvalue weighted by atomic mass is 9.87. The second-order valence-electron chi connectivity index (χ2n) is 5.44. The fraction of sp³-hybridized carbons (Fsp3) is 0.462. The third-order valence-electron chi connectivity index (χ3n) is 2.88. The van der Waals surface area contributed by atoms with Gasteiger partial charge in [-0.25, -0.2) is 0 Å². The zero-order valence-corrected chi connectivity index (χ0v) is 14.1. The molecule has 3 nitrogen and oxygen atoms in total. The number of hydrogen-bond donors (Lipinski definition) is 0. The molecule has 0 aliphatic heterocycles. The van der Waals surface area contributed by atoms with E-state index in [2.05, 4.69) is 24.7 Å². The molecule has 1 unspecified atom stereocenters. The van der Waals surface area contributed by atoms with Crippen LogP contribution in [-0.2, 0) is 11.2 Å². The molecule has 0 saturated heterocycles. The van der Waals surface area contributed by atoms with E-state index < -0.39 is 0 Å². The monoisotopic (exact) mass is 360 g/mol. The molecule has 2 rings (SSSR count). The lowest BCUT2D eigenvalue weighted by Crippen LogP contribution is -2.30. The molecule has 0 aliphatic rings. The third kappa shape index (κ3) is 3.15. The molecule has 1 heterocycles. The minimum Gasteiger partial charge on any atom is -0.298 e. The van der Waals surface area contributed by atoms with Crippen LogP contribution in [0.4, 0.5) is 0 Å². The molecule has 19 heavy (non-hydrogen) atoms. The highest BCUT2D eigenvalue weighted by atomic mass is 79.9. The normalized spacial score (nSPS) is 13.7. The van der Waals surface area contributed by atoms with Crippen molar-refractivity contribution >= 4 is 56.1 Å². The highest BCUT2D eigenvalue weighted by Gasteiger charge is 2.29. The number of Topliss-reactive ketones (excluding diaryl/α,β-unsaturated/α-hetero) is 1. The van der Waals surface area contributed by atoms with Crippen molar-refractivity contribution in [3.63, 3.8) is 0 Å². The predicted molar refractivity (Wildman–Crippen MR) is 83.3 cm³/mol. The van der Waals surface area contributed by atoms with Gasteiger partial charge >= 0.3 is 0 Å². The van der Waals surface area contributed by atoms with Crippen LogP contribution < -0.4 is 0 Å². The van der Waals surface area contributed by atoms with Gasteiger partial charge in [0.05, 0.1) is 16.6 Å². The predicted octanol–water partition coefficient (Wildman–Crippen LogP) is 4.27. The summed E-state index contributed by atoms with van der Waals surface area (Å²) < 4.78 is 8.46. The summed E-state index contributed by atoms with van der Waals surface area (Å²) in [5.74, 6) is 0.156. The Morgan fingerprint density at radius 1 is 1.42 bits per heavy atom. The van der Waals surface area contributed by atoms with Crippen molar-refractivity contribution in [3.05, 3.63) is 22.7 Å². The molecular weight excluding hydrogens is 348 g/mol. The first-order valence-electron chi connectivity index (χ1n) is 5.88. The van der Waals surface area contributed by atoms with Gasteiger partial charge in [-0.05, 0) is 18.6 Å². The number of rotatable bonds is 3. The molecule has 0 N–H and O–H groups in total. The second kappa shape index (κ2) is 5.46. The summed E-state index contributed by atoms with van der Waals surface area (Å²) in [5.41, 5.74) is 2.12. The zero-order chi connectivity index (χ0) is 14.2. The number of benzene rings is 1. The average molecular weight is 362 g/mol. The molecule has 0 amide bonds. The van der Waals surface area contributed by atoms with Gasteiger partial charge in [0.25, 0.3) is 0 Å². The summed E-state index contributed by atoms with van der Waals surface area (Å²) >= 11 is 10.9. The van der Waals surface area contributed by atoms with Crippen LogP contribution in [0.15, 0.2) is 12.1 Å². The number of alkyl halides is 1. The van der Waals surface area contributed by atoms with E-state index in [1.807, 2.05) is 32.9 Å². The van der Waals surface area contributed by atoms with Crippen LogP contribution in [0.25, 0.3) is 11.0 Å². The number of ketones is 1. The Balaban J connectivity index is 2.33. The SMILES string of the molecule is CC(C)(C)C(=O)C(Br)Cc1c(Cl)ccc2nsnc12. The Labute approximate surface area is 129 Å². The second-order valence-corrected chi connectivity index (χ2v) is 7.48. The number of fused-ring (bicyclic) bond motifs is 1. The maximum absolute atomic E-state index is 12.2. The van der Waals surface area contributed by atoms with Crippen LogP contribution in [0, 0.1) is 5.41 Å². The molecule has 6 heteroatoms. The van der Waals surface area contributed by atoms with Crippen molar-refractivity contribution in [3.8, 4) is 0 Å². The van der Waals surface area contributed by atoms with Gasteiger partial charge in [-0.3, -0.25) is 4.79 Å². The molecule has 0 radical (unpaired) electrons. The highest BCUT2D eigenvalue weighted by molar-refractivity contribution is 9.10. The lowest BCUT2D eigenvalue weighted by molar-refractivity contribution is -0.125. The van der Waals surface area contributed by atoms with E-state index in [4.69, 9.17) is 11.6 Å². The molecule has 0 fully saturated rings. The standard InChI is InChI=1S/C13H14BrClN2OS/c1-13(2,3)12(18)8(14)6-7-9(15)4-5-10-11(7)17-19-16-10/h4-5,8H,6H2,1-3H3. The van der Waals surface area contributed by atoms with E-state index in [0.717, 1.165) is 28.3 Å². The summed E-state index contributed by atoms with van der Waals surface area (Å²) in [6.07, 6.45) is 0.525. The van der Waals surface area contributed by atoms with Crippen LogP contribution in [0.2, 0.25) is 5.02 Å². The Kier molecular flexibility index (Phi) is 4.28. The van der Waals surface area contributed by atoms with E-state index in [0.29, 0.717) is 11.4 Å². The first-order valence-corrected chi connectivity index (χ1v) is 7.91. The summed E-state index contributed by atoms with van der Waals surface area (Å²) in [6, 6.07) is 3.65.